The molecule has 0 aliphatic carbocycles. The number of benzene rings is 1. The molecule has 2 N–H and O–H groups in total. The molecule has 0 radical (unpaired) electrons. The number of likely N-dealkylation sites (N-methyl/N-ethyl adjacent to an activating group) is 1. The van der Waals surface area contributed by atoms with Crippen molar-refractivity contribution in [2.75, 3.05) is 45.6 Å². The van der Waals surface area contributed by atoms with Crippen LogP contribution < -0.4 is 5.32 Å². The van der Waals surface area contributed by atoms with Gasteiger partial charge in [0, 0.05) is 23.7 Å². The van der Waals surface area contributed by atoms with E-state index in [0.717, 1.165) is 58.0 Å². The van der Waals surface area contributed by atoms with Crippen LogP contribution in [0.15, 0.2) is 18.2 Å². The van der Waals surface area contributed by atoms with Gasteiger partial charge in [-0.15, -0.1) is 0 Å². The highest BCUT2D eigenvalue weighted by atomic mass is 19.3. The fourth-order valence-electron chi connectivity index (χ4n) is 6.59. The number of nitrogens with zero attached hydrogens (tertiary/aromatic N) is 5. The largest absolute Gasteiger partial charge is 0.384 e. The van der Waals surface area contributed by atoms with Crippen molar-refractivity contribution in [3.8, 4) is 0 Å². The SMILES string of the molecule is Cc1nc(N[C@H](C)c2cccc(C(F)(F)C(C)(C)O)c2F)c2c(n1)C1(CCN(C)C1)C(=O)N(C1CCN(C)CC1)C2. The number of piperidine rings is 1. The van der Waals surface area contributed by atoms with Gasteiger partial charge in [0.1, 0.15) is 28.5 Å². The van der Waals surface area contributed by atoms with E-state index in [4.69, 9.17) is 4.98 Å². The first-order valence-corrected chi connectivity index (χ1v) is 14.4. The molecule has 224 valence electrons. The van der Waals surface area contributed by atoms with Crippen LogP contribution in [0.4, 0.5) is 19.0 Å². The zero-order chi connectivity index (χ0) is 29.9. The second kappa shape index (κ2) is 10.5. The molecule has 3 aliphatic heterocycles. The lowest BCUT2D eigenvalue weighted by molar-refractivity contribution is -0.170. The van der Waals surface area contributed by atoms with Crippen molar-refractivity contribution in [1.82, 2.24) is 24.7 Å². The van der Waals surface area contributed by atoms with Crippen LogP contribution in [-0.2, 0) is 22.7 Å². The first-order chi connectivity index (χ1) is 19.2. The quantitative estimate of drug-likeness (QED) is 0.540. The molecule has 1 amide bonds. The van der Waals surface area contributed by atoms with Crippen LogP contribution in [-0.4, -0.2) is 87.6 Å². The van der Waals surface area contributed by atoms with Crippen molar-refractivity contribution >= 4 is 11.7 Å². The Labute approximate surface area is 239 Å². The second-order valence-electron chi connectivity index (χ2n) is 12.7. The fraction of sp³-hybridized carbons (Fsp3) is 0.633. The number of halogens is 3. The van der Waals surface area contributed by atoms with Gasteiger partial charge >= 0.3 is 5.92 Å². The number of hydrogen-bond acceptors (Lipinski definition) is 7. The van der Waals surface area contributed by atoms with Crippen LogP contribution in [0.3, 0.4) is 0 Å². The first-order valence-electron chi connectivity index (χ1n) is 14.4. The summed E-state index contributed by atoms with van der Waals surface area (Å²) in [6.07, 6.45) is 2.40. The first kappa shape index (κ1) is 29.7. The number of aliphatic hydroxyl groups is 1. The summed E-state index contributed by atoms with van der Waals surface area (Å²) in [5.41, 5.74) is -2.55. The van der Waals surface area contributed by atoms with Gasteiger partial charge in [0.05, 0.1) is 23.8 Å². The highest BCUT2D eigenvalue weighted by molar-refractivity contribution is 5.91. The number of aromatic nitrogens is 2. The monoisotopic (exact) mass is 574 g/mol. The lowest BCUT2D eigenvalue weighted by atomic mass is 9.76. The standard InChI is InChI=1S/C30H41F3N6O2/c1-18(21-8-7-9-23(24(21)31)30(32,33)28(3,4)41)34-26-22-16-39(20-10-13-37(5)14-11-20)27(40)29(12-15-38(6)17-29)25(22)35-19(2)36-26/h7-9,18,20,41H,10-17H2,1-6H3,(H,34,35,36)/t18-,29?/m1/s1. The highest BCUT2D eigenvalue weighted by Gasteiger charge is 2.54. The summed E-state index contributed by atoms with van der Waals surface area (Å²) in [5.74, 6) is -3.80. The van der Waals surface area contributed by atoms with Crippen LogP contribution in [0.2, 0.25) is 0 Å². The van der Waals surface area contributed by atoms with Gasteiger partial charge in [-0.1, -0.05) is 12.1 Å². The van der Waals surface area contributed by atoms with Crippen molar-refractivity contribution in [3.63, 3.8) is 0 Å². The molecule has 8 nitrogen and oxygen atoms in total. The minimum atomic E-state index is -3.80. The molecule has 0 bridgehead atoms. The van der Waals surface area contributed by atoms with E-state index < -0.39 is 34.4 Å². The summed E-state index contributed by atoms with van der Waals surface area (Å²) in [5, 5.41) is 13.3. The number of likely N-dealkylation sites (tertiary alicyclic amines) is 2. The Hall–Kier alpha value is -2.76. The smallest absolute Gasteiger partial charge is 0.303 e. The molecule has 41 heavy (non-hydrogen) atoms. The van der Waals surface area contributed by atoms with Crippen molar-refractivity contribution in [1.29, 1.82) is 0 Å². The molecule has 2 aromatic rings. The minimum Gasteiger partial charge on any atom is -0.384 e. The van der Waals surface area contributed by atoms with E-state index in [-0.39, 0.29) is 17.5 Å². The molecule has 0 saturated carbocycles. The predicted octanol–water partition coefficient (Wildman–Crippen LogP) is 3.97. The topological polar surface area (TPSA) is 84.8 Å². The number of hydrogen-bond donors (Lipinski definition) is 2. The number of carbonyl (C=O) groups excluding carboxylic acids is 1. The predicted molar refractivity (Wildman–Crippen MR) is 150 cm³/mol. The normalized spacial score (nSPS) is 23.8. The molecule has 2 saturated heterocycles. The summed E-state index contributed by atoms with van der Waals surface area (Å²) in [4.78, 5) is 30.1. The summed E-state index contributed by atoms with van der Waals surface area (Å²) in [6.45, 7) is 8.85. The number of rotatable bonds is 6. The Bertz CT molecular complexity index is 1320. The summed E-state index contributed by atoms with van der Waals surface area (Å²) < 4.78 is 45.6. The average molecular weight is 575 g/mol. The number of alkyl halides is 2. The van der Waals surface area contributed by atoms with Crippen molar-refractivity contribution < 1.29 is 23.1 Å². The summed E-state index contributed by atoms with van der Waals surface area (Å²) in [6, 6.07) is 3.20. The fourth-order valence-corrected chi connectivity index (χ4v) is 6.59. The molecule has 1 aromatic carbocycles. The van der Waals surface area contributed by atoms with Gasteiger partial charge in [-0.2, -0.15) is 8.78 Å². The molecule has 2 fully saturated rings. The van der Waals surface area contributed by atoms with Crippen LogP contribution in [0.5, 0.6) is 0 Å². The highest BCUT2D eigenvalue weighted by Crippen LogP contribution is 2.45. The molecule has 3 aliphatic rings. The van der Waals surface area contributed by atoms with E-state index in [1.807, 2.05) is 11.9 Å². The van der Waals surface area contributed by atoms with Crippen LogP contribution >= 0.6 is 0 Å². The van der Waals surface area contributed by atoms with Crippen LogP contribution in [0.25, 0.3) is 0 Å². The number of fused-ring (bicyclic) bond motifs is 2. The van der Waals surface area contributed by atoms with Crippen molar-refractivity contribution in [3.05, 3.63) is 52.2 Å². The van der Waals surface area contributed by atoms with E-state index >= 15 is 4.39 Å². The van der Waals surface area contributed by atoms with Gasteiger partial charge < -0.3 is 25.1 Å². The number of anilines is 1. The maximum Gasteiger partial charge on any atom is 0.303 e. The van der Waals surface area contributed by atoms with Gasteiger partial charge in [-0.05, 0) is 86.8 Å². The van der Waals surface area contributed by atoms with Crippen LogP contribution in [0, 0.1) is 12.7 Å². The Kier molecular flexibility index (Phi) is 7.61. The molecule has 1 unspecified atom stereocenters. The second-order valence-corrected chi connectivity index (χ2v) is 12.7. The summed E-state index contributed by atoms with van der Waals surface area (Å²) in [7, 11) is 4.09. The molecule has 2 atom stereocenters. The van der Waals surface area contributed by atoms with Crippen molar-refractivity contribution in [2.45, 2.75) is 82.5 Å². The lowest BCUT2D eigenvalue weighted by Crippen LogP contribution is -2.57. The number of carbonyl (C=O) groups is 1. The van der Waals surface area contributed by atoms with Gasteiger partial charge in [0.15, 0.2) is 0 Å². The van der Waals surface area contributed by atoms with E-state index in [2.05, 4.69) is 27.1 Å². The van der Waals surface area contributed by atoms with Crippen LogP contribution in [0.1, 0.15) is 74.3 Å². The maximum atomic E-state index is 15.6. The third-order valence-corrected chi connectivity index (χ3v) is 9.11. The third-order valence-electron chi connectivity index (χ3n) is 9.11. The van der Waals surface area contributed by atoms with E-state index in [0.29, 0.717) is 36.8 Å². The lowest BCUT2D eigenvalue weighted by Gasteiger charge is -2.46. The van der Waals surface area contributed by atoms with E-state index in [1.54, 1.807) is 13.8 Å². The molecule has 1 aromatic heterocycles. The molecular weight excluding hydrogens is 533 g/mol. The number of amides is 1. The maximum absolute atomic E-state index is 15.6. The van der Waals surface area contributed by atoms with Gasteiger partial charge in [-0.25, -0.2) is 14.4 Å². The molecule has 4 heterocycles. The Morgan fingerprint density at radius 3 is 2.41 bits per heavy atom. The molecule has 11 heteroatoms. The van der Waals surface area contributed by atoms with E-state index in [9.17, 15) is 18.7 Å². The Balaban J connectivity index is 1.55. The third kappa shape index (κ3) is 5.10. The van der Waals surface area contributed by atoms with E-state index in [1.165, 1.54) is 12.1 Å². The molecular formula is C30H41F3N6O2. The number of aryl methyl sites for hydroxylation is 1. The zero-order valence-electron chi connectivity index (χ0n) is 24.8. The minimum absolute atomic E-state index is 0.0332. The Morgan fingerprint density at radius 2 is 1.80 bits per heavy atom. The molecule has 5 rings (SSSR count). The zero-order valence-corrected chi connectivity index (χ0v) is 24.8. The van der Waals surface area contributed by atoms with Gasteiger partial charge in [0.2, 0.25) is 5.91 Å². The van der Waals surface area contributed by atoms with Gasteiger partial charge in [0.25, 0.3) is 0 Å². The average Bonchev–Trinajstić information content (AvgIpc) is 3.29. The van der Waals surface area contributed by atoms with Crippen molar-refractivity contribution in [2.24, 2.45) is 0 Å². The summed E-state index contributed by atoms with van der Waals surface area (Å²) >= 11 is 0. The molecule has 1 spiro atoms. The van der Waals surface area contributed by atoms with Gasteiger partial charge in [-0.3, -0.25) is 4.79 Å². The number of nitrogens with one attached hydrogen (secondary N) is 1. The Morgan fingerprint density at radius 1 is 1.12 bits per heavy atom.